The summed E-state index contributed by atoms with van der Waals surface area (Å²) in [7, 11) is 0. The van der Waals surface area contributed by atoms with Crippen LogP contribution in [0.25, 0.3) is 0 Å². The Morgan fingerprint density at radius 2 is 2.03 bits per heavy atom. The molecular formula is C22H24F3N5O2. The molecule has 0 aromatic heterocycles. The van der Waals surface area contributed by atoms with Gasteiger partial charge in [-0.05, 0) is 43.7 Å². The minimum absolute atomic E-state index is 0.0482. The van der Waals surface area contributed by atoms with Crippen LogP contribution in [0.3, 0.4) is 0 Å². The molecule has 0 atom stereocenters. The molecule has 0 radical (unpaired) electrons. The maximum Gasteiger partial charge on any atom is 0.258 e. The largest absolute Gasteiger partial charge is 0.382 e. The number of halogens is 3. The van der Waals surface area contributed by atoms with E-state index in [9.17, 15) is 18.0 Å². The first-order chi connectivity index (χ1) is 15.5. The predicted molar refractivity (Wildman–Crippen MR) is 117 cm³/mol. The summed E-state index contributed by atoms with van der Waals surface area (Å²) in [6, 6.07) is 7.41. The Hall–Kier alpha value is -3.40. The van der Waals surface area contributed by atoms with Gasteiger partial charge in [0.1, 0.15) is 11.7 Å². The summed E-state index contributed by atoms with van der Waals surface area (Å²) in [4.78, 5) is 21.4. The van der Waals surface area contributed by atoms with Crippen molar-refractivity contribution in [2.75, 3.05) is 38.2 Å². The normalized spacial score (nSPS) is 13.5. The lowest BCUT2D eigenvalue weighted by molar-refractivity contribution is 0.0975. The number of hydrogen-bond acceptors (Lipinski definition) is 5. The highest BCUT2D eigenvalue weighted by Crippen LogP contribution is 2.21. The van der Waals surface area contributed by atoms with Gasteiger partial charge in [-0.1, -0.05) is 6.07 Å². The van der Waals surface area contributed by atoms with E-state index in [2.05, 4.69) is 25.9 Å². The lowest BCUT2D eigenvalue weighted by atomic mass is 10.1. The second kappa shape index (κ2) is 11.3. The van der Waals surface area contributed by atoms with Crippen molar-refractivity contribution in [1.29, 1.82) is 0 Å². The maximum atomic E-state index is 14.3. The second-order valence-electron chi connectivity index (χ2n) is 6.81. The fourth-order valence-electron chi connectivity index (χ4n) is 2.98. The molecule has 3 N–H and O–H groups in total. The summed E-state index contributed by atoms with van der Waals surface area (Å²) in [6.45, 7) is 4.07. The van der Waals surface area contributed by atoms with Crippen LogP contribution in [0.1, 0.15) is 29.3 Å². The van der Waals surface area contributed by atoms with Crippen LogP contribution >= 0.6 is 0 Å². The van der Waals surface area contributed by atoms with Crippen LogP contribution < -0.4 is 16.0 Å². The number of para-hydroxylation sites is 1. The Morgan fingerprint density at radius 3 is 2.81 bits per heavy atom. The Morgan fingerprint density at radius 1 is 1.19 bits per heavy atom. The van der Waals surface area contributed by atoms with Crippen molar-refractivity contribution in [2.45, 2.75) is 13.3 Å². The fraction of sp³-hybridized carbons (Fsp3) is 0.318. The van der Waals surface area contributed by atoms with Crippen LogP contribution in [-0.4, -0.2) is 50.6 Å². The highest BCUT2D eigenvalue weighted by Gasteiger charge is 2.19. The van der Waals surface area contributed by atoms with Crippen molar-refractivity contribution in [2.24, 2.45) is 9.98 Å². The zero-order valence-electron chi connectivity index (χ0n) is 17.6. The number of rotatable bonds is 6. The van der Waals surface area contributed by atoms with Gasteiger partial charge >= 0.3 is 0 Å². The minimum Gasteiger partial charge on any atom is -0.382 e. The molecule has 0 spiro atoms. The minimum atomic E-state index is -1.13. The number of benzene rings is 2. The van der Waals surface area contributed by atoms with Crippen LogP contribution in [-0.2, 0) is 4.74 Å². The number of aliphatic imine (C=N–C) groups is 2. The average Bonchev–Trinajstić information content (AvgIpc) is 2.98. The van der Waals surface area contributed by atoms with E-state index in [1.54, 1.807) is 12.1 Å². The molecule has 0 saturated heterocycles. The predicted octanol–water partition coefficient (Wildman–Crippen LogP) is 3.08. The Bertz CT molecular complexity index is 1030. The molecule has 1 heterocycles. The van der Waals surface area contributed by atoms with Gasteiger partial charge in [0.05, 0.1) is 12.2 Å². The topological polar surface area (TPSA) is 87.1 Å². The summed E-state index contributed by atoms with van der Waals surface area (Å²) >= 11 is 0. The van der Waals surface area contributed by atoms with Crippen LogP contribution in [0, 0.1) is 17.5 Å². The van der Waals surface area contributed by atoms with E-state index in [0.717, 1.165) is 18.2 Å². The molecule has 170 valence electrons. The summed E-state index contributed by atoms with van der Waals surface area (Å²) in [5, 5.41) is 8.50. The number of carbonyl (C=O) groups is 1. The third-order valence-corrected chi connectivity index (χ3v) is 4.52. The molecule has 2 aromatic rings. The first-order valence-electron chi connectivity index (χ1n) is 10.2. The van der Waals surface area contributed by atoms with E-state index in [4.69, 9.17) is 4.74 Å². The van der Waals surface area contributed by atoms with Crippen LogP contribution in [0.15, 0.2) is 46.4 Å². The standard InChI is InChI=1S/C22H24F3N5O2/c1-2-32-12-4-9-28-22(30-21(31)14-7-8-16(23)18(25)13-14)29-20-15-5-3-6-17(24)19(15)26-10-11-27-20/h3,5-8,13,26H,2,4,9-12H2,1H3,(H2,27,28,29,30,31). The summed E-state index contributed by atoms with van der Waals surface area (Å²) in [5.74, 6) is -2.94. The molecule has 3 rings (SSSR count). The number of fused-ring (bicyclic) bond motifs is 1. The Balaban J connectivity index is 1.82. The molecule has 0 saturated carbocycles. The van der Waals surface area contributed by atoms with Gasteiger partial charge in [0, 0.05) is 37.4 Å². The zero-order valence-corrected chi connectivity index (χ0v) is 17.6. The summed E-state index contributed by atoms with van der Waals surface area (Å²) < 4.78 is 46.3. The maximum absolute atomic E-state index is 14.3. The number of nitrogens with one attached hydrogen (secondary N) is 3. The number of guanidine groups is 1. The summed E-state index contributed by atoms with van der Waals surface area (Å²) in [5.41, 5.74) is 0.689. The highest BCUT2D eigenvalue weighted by molar-refractivity contribution is 6.16. The quantitative estimate of drug-likeness (QED) is 0.361. The van der Waals surface area contributed by atoms with Crippen LogP contribution in [0.4, 0.5) is 18.9 Å². The smallest absolute Gasteiger partial charge is 0.258 e. The molecule has 10 heteroatoms. The molecule has 0 bridgehead atoms. The van der Waals surface area contributed by atoms with Crippen molar-refractivity contribution in [1.82, 2.24) is 10.6 Å². The van der Waals surface area contributed by atoms with Gasteiger partial charge in [0.15, 0.2) is 11.6 Å². The number of nitrogens with zero attached hydrogens (tertiary/aromatic N) is 2. The van der Waals surface area contributed by atoms with Crippen molar-refractivity contribution in [3.05, 3.63) is 65.0 Å². The highest BCUT2D eigenvalue weighted by atomic mass is 19.2. The monoisotopic (exact) mass is 447 g/mol. The van der Waals surface area contributed by atoms with E-state index in [1.807, 2.05) is 6.92 Å². The molecule has 0 aliphatic carbocycles. The second-order valence-corrected chi connectivity index (χ2v) is 6.81. The number of hydrogen-bond donors (Lipinski definition) is 3. The van der Waals surface area contributed by atoms with Gasteiger partial charge in [0.25, 0.3) is 5.91 Å². The van der Waals surface area contributed by atoms with Gasteiger partial charge in [-0.3, -0.25) is 20.1 Å². The molecular weight excluding hydrogens is 423 g/mol. The van der Waals surface area contributed by atoms with Crippen molar-refractivity contribution in [3.8, 4) is 0 Å². The summed E-state index contributed by atoms with van der Waals surface area (Å²) in [6.07, 6.45) is 0.597. The van der Waals surface area contributed by atoms with E-state index >= 15 is 0 Å². The molecule has 32 heavy (non-hydrogen) atoms. The number of anilines is 1. The van der Waals surface area contributed by atoms with Crippen LogP contribution in [0.2, 0.25) is 0 Å². The SMILES string of the molecule is CCOCCCN=C(NC(=O)c1ccc(F)c(F)c1)NC1=NCCNc2c(F)cccc21. The lowest BCUT2D eigenvalue weighted by Gasteiger charge is -2.15. The van der Waals surface area contributed by atoms with Crippen LogP contribution in [0.5, 0.6) is 0 Å². The first kappa shape index (κ1) is 23.3. The molecule has 0 unspecified atom stereocenters. The molecule has 0 fully saturated rings. The molecule has 1 amide bonds. The van der Waals surface area contributed by atoms with Gasteiger partial charge in [-0.25, -0.2) is 13.2 Å². The molecule has 1 aliphatic rings. The zero-order chi connectivity index (χ0) is 22.9. The number of ether oxygens (including phenoxy) is 1. The number of carbonyl (C=O) groups excluding carboxylic acids is 1. The van der Waals surface area contributed by atoms with Crippen molar-refractivity contribution >= 4 is 23.4 Å². The van der Waals surface area contributed by atoms with E-state index in [-0.39, 0.29) is 11.5 Å². The van der Waals surface area contributed by atoms with E-state index in [0.29, 0.717) is 56.4 Å². The third-order valence-electron chi connectivity index (χ3n) is 4.52. The average molecular weight is 447 g/mol. The van der Waals surface area contributed by atoms with Gasteiger partial charge < -0.3 is 15.4 Å². The van der Waals surface area contributed by atoms with Gasteiger partial charge in [0.2, 0.25) is 5.96 Å². The van der Waals surface area contributed by atoms with Gasteiger partial charge in [-0.2, -0.15) is 0 Å². The van der Waals surface area contributed by atoms with Gasteiger partial charge in [-0.15, -0.1) is 0 Å². The van der Waals surface area contributed by atoms with E-state index in [1.165, 1.54) is 6.07 Å². The number of benzodiazepines with no additional fused rings is 1. The number of amidine groups is 1. The first-order valence-corrected chi connectivity index (χ1v) is 10.2. The molecule has 7 nitrogen and oxygen atoms in total. The lowest BCUT2D eigenvalue weighted by Crippen LogP contribution is -2.44. The van der Waals surface area contributed by atoms with Crippen molar-refractivity contribution in [3.63, 3.8) is 0 Å². The third kappa shape index (κ3) is 6.07. The molecule has 2 aromatic carbocycles. The van der Waals surface area contributed by atoms with E-state index < -0.39 is 23.4 Å². The fourth-order valence-corrected chi connectivity index (χ4v) is 2.98. The van der Waals surface area contributed by atoms with Crippen molar-refractivity contribution < 1.29 is 22.7 Å². The Kier molecular flexibility index (Phi) is 8.20. The number of amides is 1. The Labute approximate surface area is 183 Å². The molecule has 1 aliphatic heterocycles.